The smallest absolute Gasteiger partial charge is 0.417 e. The first kappa shape index (κ1) is 20.8. The number of hydrazine groups is 1. The molecule has 2 rings (SSSR count). The highest BCUT2D eigenvalue weighted by Gasteiger charge is 2.31. The monoisotopic (exact) mass is 399 g/mol. The minimum atomic E-state index is -4.66. The van der Waals surface area contributed by atoms with Crippen LogP contribution in [0.25, 0.3) is 0 Å². The zero-order valence-corrected chi connectivity index (χ0v) is 14.8. The molecule has 11 heteroatoms. The van der Waals surface area contributed by atoms with Crippen LogP contribution in [-0.2, 0) is 17.5 Å². The van der Waals surface area contributed by atoms with Gasteiger partial charge in [0.25, 0.3) is 17.4 Å². The molecule has 1 aromatic carbocycles. The highest BCUT2D eigenvalue weighted by Crippen LogP contribution is 2.28. The normalized spacial score (nSPS) is 10.9. The van der Waals surface area contributed by atoms with Gasteiger partial charge >= 0.3 is 6.18 Å². The van der Waals surface area contributed by atoms with Crippen molar-refractivity contribution in [2.45, 2.75) is 12.7 Å². The van der Waals surface area contributed by atoms with Crippen molar-refractivity contribution < 1.29 is 32.2 Å². The summed E-state index contributed by atoms with van der Waals surface area (Å²) in [7, 11) is 2.81. The third kappa shape index (κ3) is 5.02. The minimum Gasteiger partial charge on any atom is -0.493 e. The quantitative estimate of drug-likeness (QED) is 0.740. The van der Waals surface area contributed by atoms with E-state index in [2.05, 4.69) is 5.43 Å². The number of nitrogens with one attached hydrogen (secondary N) is 2. The van der Waals surface area contributed by atoms with Crippen molar-refractivity contribution in [2.75, 3.05) is 14.2 Å². The molecule has 0 saturated carbocycles. The van der Waals surface area contributed by atoms with E-state index in [1.807, 2.05) is 5.43 Å². The van der Waals surface area contributed by atoms with Crippen LogP contribution < -0.4 is 25.9 Å². The first-order valence-electron chi connectivity index (χ1n) is 7.74. The average molecular weight is 399 g/mol. The van der Waals surface area contributed by atoms with Gasteiger partial charge in [0, 0.05) is 17.8 Å². The van der Waals surface area contributed by atoms with E-state index in [1.165, 1.54) is 32.4 Å². The summed E-state index contributed by atoms with van der Waals surface area (Å²) >= 11 is 0. The summed E-state index contributed by atoms with van der Waals surface area (Å²) in [4.78, 5) is 35.6. The highest BCUT2D eigenvalue weighted by molar-refractivity contribution is 5.96. The second kappa shape index (κ2) is 8.46. The molecule has 2 N–H and O–H groups in total. The Morgan fingerprint density at radius 2 is 1.71 bits per heavy atom. The highest BCUT2D eigenvalue weighted by atomic mass is 19.4. The zero-order chi connectivity index (χ0) is 20.9. The van der Waals surface area contributed by atoms with Crippen LogP contribution in [0.1, 0.15) is 15.9 Å². The Kier molecular flexibility index (Phi) is 6.29. The van der Waals surface area contributed by atoms with Crippen LogP contribution in [0, 0.1) is 0 Å². The van der Waals surface area contributed by atoms with Gasteiger partial charge in [0.05, 0.1) is 19.8 Å². The Bertz CT molecular complexity index is 940. The summed E-state index contributed by atoms with van der Waals surface area (Å²) in [6.45, 7) is -0.713. The van der Waals surface area contributed by atoms with Crippen molar-refractivity contribution >= 4 is 11.8 Å². The van der Waals surface area contributed by atoms with Gasteiger partial charge in [-0.15, -0.1) is 0 Å². The van der Waals surface area contributed by atoms with Gasteiger partial charge in [0.2, 0.25) is 0 Å². The number of benzene rings is 1. The van der Waals surface area contributed by atoms with E-state index in [0.717, 1.165) is 0 Å². The molecule has 8 nitrogen and oxygen atoms in total. The Hall–Kier alpha value is -3.50. The topological polar surface area (TPSA) is 98.7 Å². The van der Waals surface area contributed by atoms with Crippen molar-refractivity contribution in [3.63, 3.8) is 0 Å². The molecule has 1 heterocycles. The van der Waals surface area contributed by atoms with Crippen molar-refractivity contribution in [1.29, 1.82) is 0 Å². The number of methoxy groups -OCH3 is 2. The fraction of sp³-hybridized carbons (Fsp3) is 0.235. The molecule has 0 fully saturated rings. The molecule has 0 aliphatic rings. The SMILES string of the molecule is COc1ccc(C(=O)NNC(=O)Cn2cc(C(F)(F)F)ccc2=O)cc1OC. The lowest BCUT2D eigenvalue weighted by molar-refractivity contribution is -0.138. The van der Waals surface area contributed by atoms with Gasteiger partial charge in [-0.25, -0.2) is 0 Å². The van der Waals surface area contributed by atoms with Gasteiger partial charge in [-0.3, -0.25) is 25.2 Å². The van der Waals surface area contributed by atoms with Crippen molar-refractivity contribution in [1.82, 2.24) is 15.4 Å². The van der Waals surface area contributed by atoms with E-state index in [-0.39, 0.29) is 11.3 Å². The van der Waals surface area contributed by atoms with Gasteiger partial charge < -0.3 is 14.0 Å². The average Bonchev–Trinajstić information content (AvgIpc) is 2.66. The second-order valence-corrected chi connectivity index (χ2v) is 5.45. The number of aromatic nitrogens is 1. The number of nitrogens with zero attached hydrogens (tertiary/aromatic N) is 1. The lowest BCUT2D eigenvalue weighted by Crippen LogP contribution is -2.44. The molecule has 1 aromatic heterocycles. The zero-order valence-electron chi connectivity index (χ0n) is 14.8. The summed E-state index contributed by atoms with van der Waals surface area (Å²) in [5.74, 6) is -0.912. The molecular weight excluding hydrogens is 383 g/mol. The van der Waals surface area contributed by atoms with Gasteiger partial charge in [-0.05, 0) is 24.3 Å². The molecule has 2 amide bonds. The molecule has 150 valence electrons. The maximum absolute atomic E-state index is 12.7. The van der Waals surface area contributed by atoms with Gasteiger partial charge in [-0.1, -0.05) is 0 Å². The fourth-order valence-electron chi connectivity index (χ4n) is 2.19. The van der Waals surface area contributed by atoms with Crippen LogP contribution in [-0.4, -0.2) is 30.6 Å². The van der Waals surface area contributed by atoms with Crippen molar-refractivity contribution in [3.8, 4) is 11.5 Å². The molecule has 0 bridgehead atoms. The van der Waals surface area contributed by atoms with Crippen LogP contribution in [0.5, 0.6) is 11.5 Å². The van der Waals surface area contributed by atoms with Crippen LogP contribution in [0.3, 0.4) is 0 Å². The molecule has 28 heavy (non-hydrogen) atoms. The summed E-state index contributed by atoms with van der Waals surface area (Å²) < 4.78 is 48.8. The van der Waals surface area contributed by atoms with Crippen molar-refractivity contribution in [3.05, 3.63) is 58.0 Å². The third-order valence-corrected chi connectivity index (χ3v) is 3.59. The van der Waals surface area contributed by atoms with Gasteiger partial charge in [0.1, 0.15) is 6.54 Å². The maximum Gasteiger partial charge on any atom is 0.417 e. The number of ether oxygens (including phenoxy) is 2. The molecule has 0 saturated heterocycles. The van der Waals surface area contributed by atoms with Gasteiger partial charge in [0.15, 0.2) is 11.5 Å². The number of rotatable bonds is 5. The Labute approximate surface area is 156 Å². The summed E-state index contributed by atoms with van der Waals surface area (Å²) in [6.07, 6.45) is -4.13. The molecule has 0 aliphatic carbocycles. The predicted molar refractivity (Wildman–Crippen MR) is 90.9 cm³/mol. The van der Waals surface area contributed by atoms with Crippen LogP contribution in [0.4, 0.5) is 13.2 Å². The molecule has 0 unspecified atom stereocenters. The lowest BCUT2D eigenvalue weighted by atomic mass is 10.2. The molecule has 0 aliphatic heterocycles. The predicted octanol–water partition coefficient (Wildman–Crippen LogP) is 1.35. The molecule has 0 atom stereocenters. The molecule has 2 aromatic rings. The fourth-order valence-corrected chi connectivity index (χ4v) is 2.19. The van der Waals surface area contributed by atoms with E-state index in [1.54, 1.807) is 0 Å². The summed E-state index contributed by atoms with van der Waals surface area (Å²) in [5, 5.41) is 0. The number of alkyl halides is 3. The van der Waals surface area contributed by atoms with Gasteiger partial charge in [-0.2, -0.15) is 13.2 Å². The van der Waals surface area contributed by atoms with E-state index >= 15 is 0 Å². The Morgan fingerprint density at radius 3 is 2.32 bits per heavy atom. The number of pyridine rings is 1. The minimum absolute atomic E-state index is 0.134. The third-order valence-electron chi connectivity index (χ3n) is 3.59. The van der Waals surface area contributed by atoms with E-state index in [4.69, 9.17) is 9.47 Å². The van der Waals surface area contributed by atoms with E-state index in [9.17, 15) is 27.6 Å². The number of halogens is 3. The van der Waals surface area contributed by atoms with E-state index in [0.29, 0.717) is 28.6 Å². The molecular formula is C17H16F3N3O5. The first-order chi connectivity index (χ1) is 13.2. The number of hydrogen-bond donors (Lipinski definition) is 2. The first-order valence-corrected chi connectivity index (χ1v) is 7.74. The van der Waals surface area contributed by atoms with Crippen LogP contribution in [0.2, 0.25) is 0 Å². The number of carbonyl (C=O) groups excluding carboxylic acids is 2. The number of hydrogen-bond acceptors (Lipinski definition) is 5. The van der Waals surface area contributed by atoms with Crippen LogP contribution >= 0.6 is 0 Å². The number of amides is 2. The second-order valence-electron chi connectivity index (χ2n) is 5.45. The molecule has 0 spiro atoms. The molecule has 0 radical (unpaired) electrons. The van der Waals surface area contributed by atoms with Crippen molar-refractivity contribution in [2.24, 2.45) is 0 Å². The maximum atomic E-state index is 12.7. The number of carbonyl (C=O) groups is 2. The standard InChI is InChI=1S/C17H16F3N3O5/c1-27-12-5-3-10(7-13(12)28-2)16(26)22-21-14(24)9-23-8-11(17(18,19)20)4-6-15(23)25/h3-8H,9H2,1-2H3,(H,21,24)(H,22,26). The van der Waals surface area contributed by atoms with Crippen LogP contribution in [0.15, 0.2) is 41.3 Å². The summed E-state index contributed by atoms with van der Waals surface area (Å²) in [5.41, 5.74) is 2.39. The Balaban J connectivity index is 2.03. The Morgan fingerprint density at radius 1 is 1.04 bits per heavy atom. The summed E-state index contributed by atoms with van der Waals surface area (Å²) in [6, 6.07) is 5.60. The largest absolute Gasteiger partial charge is 0.493 e. The van der Waals surface area contributed by atoms with E-state index < -0.39 is 35.7 Å². The lowest BCUT2D eigenvalue weighted by Gasteiger charge is -2.12.